The first kappa shape index (κ1) is 16.1. The minimum Gasteiger partial charge on any atom is -0.378 e. The van der Waals surface area contributed by atoms with Crippen LogP contribution < -0.4 is 5.32 Å². The Bertz CT molecular complexity index is 361. The second-order valence-corrected chi connectivity index (χ2v) is 6.22. The third-order valence-corrected chi connectivity index (χ3v) is 4.94. The molecule has 1 aliphatic carbocycles. The van der Waals surface area contributed by atoms with Crippen LogP contribution in [-0.2, 0) is 4.74 Å². The lowest BCUT2D eigenvalue weighted by molar-refractivity contribution is 0.0548. The molecule has 1 N–H and O–H groups in total. The van der Waals surface area contributed by atoms with Crippen molar-refractivity contribution in [2.75, 3.05) is 32.8 Å². The first-order valence-corrected chi connectivity index (χ1v) is 8.79. The van der Waals surface area contributed by atoms with Crippen LogP contribution in [0.25, 0.3) is 0 Å². The molecule has 3 rings (SSSR count). The molecule has 0 spiro atoms. The average Bonchev–Trinajstić information content (AvgIpc) is 2.76. The van der Waals surface area contributed by atoms with Crippen LogP contribution in [0, 0.1) is 5.92 Å². The average molecular weight is 343 g/mol. The van der Waals surface area contributed by atoms with Crippen molar-refractivity contribution in [2.45, 2.75) is 39.2 Å². The Hall–Kier alpha value is -0.320. The highest BCUT2D eigenvalue weighted by Crippen LogP contribution is 2.34. The largest absolute Gasteiger partial charge is 0.378 e. The number of nitrogens with zero attached hydrogens (tertiary/aromatic N) is 1. The van der Waals surface area contributed by atoms with Crippen LogP contribution in [0.3, 0.4) is 0 Å². The molecule has 0 aromatic heterocycles. The first-order chi connectivity index (χ1) is 9.84. The quantitative estimate of drug-likeness (QED) is 0.791. The molecule has 2 fully saturated rings. The number of hydrogen-bond acceptors (Lipinski definition) is 3. The van der Waals surface area contributed by atoms with E-state index in [0.717, 1.165) is 32.8 Å². The van der Waals surface area contributed by atoms with E-state index >= 15 is 0 Å². The molecule has 0 amide bonds. The summed E-state index contributed by atoms with van der Waals surface area (Å²) in [6.07, 6.45) is 8.67. The first-order valence-electron chi connectivity index (χ1n) is 7.99. The summed E-state index contributed by atoms with van der Waals surface area (Å²) in [7, 11) is 0. The van der Waals surface area contributed by atoms with Crippen molar-refractivity contribution >= 4 is 15.9 Å². The summed E-state index contributed by atoms with van der Waals surface area (Å²) in [5.41, 5.74) is 1.36. The van der Waals surface area contributed by atoms with Gasteiger partial charge in [-0.1, -0.05) is 36.2 Å². The molecule has 0 radical (unpaired) electrons. The Balaban J connectivity index is 0.000000704. The number of allylic oxidation sites excluding steroid dienone is 1. The maximum Gasteiger partial charge on any atom is 0.0642 e. The topological polar surface area (TPSA) is 24.5 Å². The number of morpholine rings is 1. The third kappa shape index (κ3) is 3.86. The van der Waals surface area contributed by atoms with E-state index < -0.39 is 0 Å². The van der Waals surface area contributed by atoms with Gasteiger partial charge in [-0.05, 0) is 31.5 Å². The normalized spacial score (nSPS) is 30.2. The Kier molecular flexibility index (Phi) is 6.59. The summed E-state index contributed by atoms with van der Waals surface area (Å²) in [6, 6.07) is 0.504. The van der Waals surface area contributed by atoms with Gasteiger partial charge < -0.3 is 15.0 Å². The van der Waals surface area contributed by atoms with Gasteiger partial charge in [0.05, 0.1) is 13.2 Å². The van der Waals surface area contributed by atoms with E-state index in [9.17, 15) is 0 Å². The molecule has 3 nitrogen and oxygen atoms in total. The second-order valence-electron chi connectivity index (χ2n) is 5.30. The second kappa shape index (κ2) is 8.20. The van der Waals surface area contributed by atoms with E-state index in [1.165, 1.54) is 29.4 Å². The smallest absolute Gasteiger partial charge is 0.0642 e. The predicted molar refractivity (Wildman–Crippen MR) is 88.0 cm³/mol. The number of nitrogens with one attached hydrogen (secondary N) is 1. The Morgan fingerprint density at radius 2 is 2.00 bits per heavy atom. The Labute approximate surface area is 131 Å². The van der Waals surface area contributed by atoms with Crippen LogP contribution in [0.2, 0.25) is 0 Å². The van der Waals surface area contributed by atoms with Crippen molar-refractivity contribution in [3.63, 3.8) is 0 Å². The van der Waals surface area contributed by atoms with Crippen LogP contribution in [0.5, 0.6) is 0 Å². The summed E-state index contributed by atoms with van der Waals surface area (Å²) in [5, 5.41) is 3.68. The Morgan fingerprint density at radius 1 is 1.25 bits per heavy atom. The zero-order valence-corrected chi connectivity index (χ0v) is 14.3. The number of rotatable bonds is 1. The van der Waals surface area contributed by atoms with Gasteiger partial charge in [0.25, 0.3) is 0 Å². The fourth-order valence-corrected chi connectivity index (χ4v) is 3.81. The number of hydrogen-bond donors (Lipinski definition) is 1. The van der Waals surface area contributed by atoms with E-state index in [4.69, 9.17) is 4.74 Å². The number of fused-ring (bicyclic) bond motifs is 1. The molecule has 2 aliphatic heterocycles. The van der Waals surface area contributed by atoms with E-state index in [2.05, 4.69) is 38.3 Å². The minimum atomic E-state index is 0.504. The van der Waals surface area contributed by atoms with Gasteiger partial charge >= 0.3 is 0 Å². The monoisotopic (exact) mass is 342 g/mol. The summed E-state index contributed by atoms with van der Waals surface area (Å²) < 4.78 is 6.79. The zero-order chi connectivity index (χ0) is 14.4. The molecule has 0 saturated carbocycles. The van der Waals surface area contributed by atoms with Crippen molar-refractivity contribution in [3.8, 4) is 0 Å². The maximum absolute atomic E-state index is 5.43. The van der Waals surface area contributed by atoms with Crippen molar-refractivity contribution in [2.24, 2.45) is 5.92 Å². The summed E-state index contributed by atoms with van der Waals surface area (Å²) >= 11 is 3.79. The van der Waals surface area contributed by atoms with Crippen LogP contribution >= 0.6 is 15.9 Å². The molecule has 3 aliphatic rings. The van der Waals surface area contributed by atoms with Gasteiger partial charge in [0, 0.05) is 35.2 Å². The highest BCUT2D eigenvalue weighted by Gasteiger charge is 2.29. The van der Waals surface area contributed by atoms with E-state index in [-0.39, 0.29) is 0 Å². The molecule has 0 aromatic carbocycles. The van der Waals surface area contributed by atoms with Crippen LogP contribution in [0.4, 0.5) is 0 Å². The van der Waals surface area contributed by atoms with Crippen molar-refractivity contribution in [3.05, 3.63) is 22.3 Å². The molecule has 2 heterocycles. The van der Waals surface area contributed by atoms with Crippen LogP contribution in [0.15, 0.2) is 22.3 Å². The molecule has 0 aromatic rings. The van der Waals surface area contributed by atoms with Gasteiger partial charge in [-0.15, -0.1) is 0 Å². The SMILES string of the molecule is BrC1=CC(N2CCOCC2)=CC2NCCCCC12.CC. The van der Waals surface area contributed by atoms with E-state index in [1.807, 2.05) is 13.8 Å². The molecule has 20 heavy (non-hydrogen) atoms. The molecule has 2 unspecified atom stereocenters. The van der Waals surface area contributed by atoms with Crippen LogP contribution in [0.1, 0.15) is 33.1 Å². The lowest BCUT2D eigenvalue weighted by Crippen LogP contribution is -2.40. The standard InChI is InChI=1S/C14H21BrN2O.C2H6/c15-13-9-11(17-5-7-18-8-6-17)10-14-12(13)3-1-2-4-16-14;1-2/h9-10,12,14,16H,1-8H2;1-2H3. The highest BCUT2D eigenvalue weighted by molar-refractivity contribution is 9.11. The predicted octanol–water partition coefficient (Wildman–Crippen LogP) is 3.28. The van der Waals surface area contributed by atoms with Gasteiger partial charge in [-0.3, -0.25) is 0 Å². The molecule has 114 valence electrons. The third-order valence-electron chi connectivity index (χ3n) is 4.12. The molecule has 0 bridgehead atoms. The highest BCUT2D eigenvalue weighted by atomic mass is 79.9. The van der Waals surface area contributed by atoms with Gasteiger partial charge in [-0.2, -0.15) is 0 Å². The van der Waals surface area contributed by atoms with Gasteiger partial charge in [0.1, 0.15) is 0 Å². The lowest BCUT2D eigenvalue weighted by Gasteiger charge is -2.35. The molecule has 4 heteroatoms. The van der Waals surface area contributed by atoms with Crippen molar-refractivity contribution in [1.29, 1.82) is 0 Å². The van der Waals surface area contributed by atoms with Crippen molar-refractivity contribution in [1.82, 2.24) is 10.2 Å². The van der Waals surface area contributed by atoms with Gasteiger partial charge in [-0.25, -0.2) is 0 Å². The zero-order valence-electron chi connectivity index (χ0n) is 12.7. The summed E-state index contributed by atoms with van der Waals surface area (Å²) in [5.74, 6) is 0.636. The summed E-state index contributed by atoms with van der Waals surface area (Å²) in [6.45, 7) is 8.88. The van der Waals surface area contributed by atoms with E-state index in [1.54, 1.807) is 0 Å². The molecule has 2 saturated heterocycles. The number of ether oxygens (including phenoxy) is 1. The minimum absolute atomic E-state index is 0.504. The lowest BCUT2D eigenvalue weighted by atomic mass is 9.90. The fourth-order valence-electron chi connectivity index (χ4n) is 3.06. The maximum atomic E-state index is 5.43. The number of halogens is 1. The van der Waals surface area contributed by atoms with E-state index in [0.29, 0.717) is 12.0 Å². The van der Waals surface area contributed by atoms with Gasteiger partial charge in [0.2, 0.25) is 0 Å². The summed E-state index contributed by atoms with van der Waals surface area (Å²) in [4.78, 5) is 2.44. The Morgan fingerprint density at radius 3 is 2.75 bits per heavy atom. The van der Waals surface area contributed by atoms with Crippen molar-refractivity contribution < 1.29 is 4.74 Å². The van der Waals surface area contributed by atoms with Gasteiger partial charge in [0.15, 0.2) is 0 Å². The molecule has 2 atom stereocenters. The fraction of sp³-hybridized carbons (Fsp3) is 0.750. The van der Waals surface area contributed by atoms with Crippen LogP contribution in [-0.4, -0.2) is 43.8 Å². The molecular formula is C16H27BrN2O. The molecular weight excluding hydrogens is 316 g/mol.